The Bertz CT molecular complexity index is 1280. The van der Waals surface area contributed by atoms with Gasteiger partial charge >= 0.3 is 6.18 Å². The van der Waals surface area contributed by atoms with Crippen molar-refractivity contribution < 1.29 is 22.4 Å². The number of hydrogen-bond donors (Lipinski definition) is 1. The van der Waals surface area contributed by atoms with Gasteiger partial charge in [-0.1, -0.05) is 41.4 Å². The molecule has 4 aromatic rings. The number of amides is 1. The Morgan fingerprint density at radius 2 is 1.91 bits per heavy atom. The predicted molar refractivity (Wildman–Crippen MR) is 118 cm³/mol. The lowest BCUT2D eigenvalue weighted by molar-refractivity contribution is -0.137. The van der Waals surface area contributed by atoms with Gasteiger partial charge < -0.3 is 4.42 Å². The fourth-order valence-electron chi connectivity index (χ4n) is 2.96. The van der Waals surface area contributed by atoms with Gasteiger partial charge in [0.1, 0.15) is 5.76 Å². The molecule has 1 N–H and O–H groups in total. The molecular formula is C22H13Cl2F3N2O2S. The first-order valence-electron chi connectivity index (χ1n) is 9.16. The second kappa shape index (κ2) is 8.97. The summed E-state index contributed by atoms with van der Waals surface area (Å²) in [7, 11) is 0. The summed E-state index contributed by atoms with van der Waals surface area (Å²) < 4.78 is 44.3. The van der Waals surface area contributed by atoms with Crippen molar-refractivity contribution in [1.82, 2.24) is 4.98 Å². The van der Waals surface area contributed by atoms with Crippen molar-refractivity contribution in [1.29, 1.82) is 0 Å². The highest BCUT2D eigenvalue weighted by Gasteiger charge is 2.30. The van der Waals surface area contributed by atoms with E-state index in [-0.39, 0.29) is 12.2 Å². The Kier molecular flexibility index (Phi) is 6.28. The van der Waals surface area contributed by atoms with Crippen LogP contribution in [0.3, 0.4) is 0 Å². The topological polar surface area (TPSA) is 55.1 Å². The van der Waals surface area contributed by atoms with Crippen molar-refractivity contribution in [2.45, 2.75) is 12.6 Å². The lowest BCUT2D eigenvalue weighted by Crippen LogP contribution is -2.10. The van der Waals surface area contributed by atoms with E-state index in [9.17, 15) is 18.0 Å². The number of hydrogen-bond acceptors (Lipinski definition) is 4. The first kappa shape index (κ1) is 22.4. The van der Waals surface area contributed by atoms with Crippen molar-refractivity contribution in [3.05, 3.63) is 92.6 Å². The lowest BCUT2D eigenvalue weighted by atomic mass is 10.1. The minimum absolute atomic E-state index is 0.0562. The van der Waals surface area contributed by atoms with Crippen LogP contribution >= 0.6 is 34.5 Å². The van der Waals surface area contributed by atoms with Crippen molar-refractivity contribution in [3.63, 3.8) is 0 Å². The van der Waals surface area contributed by atoms with Gasteiger partial charge in [0, 0.05) is 28.1 Å². The van der Waals surface area contributed by atoms with Crippen molar-refractivity contribution in [2.75, 3.05) is 5.32 Å². The molecule has 0 aliphatic heterocycles. The molecule has 0 aliphatic rings. The van der Waals surface area contributed by atoms with Gasteiger partial charge in [0.25, 0.3) is 5.91 Å². The molecule has 0 saturated heterocycles. The van der Waals surface area contributed by atoms with Crippen LogP contribution in [-0.2, 0) is 12.6 Å². The van der Waals surface area contributed by atoms with E-state index in [1.165, 1.54) is 29.7 Å². The van der Waals surface area contributed by atoms with E-state index in [1.807, 2.05) is 0 Å². The highest BCUT2D eigenvalue weighted by molar-refractivity contribution is 7.15. The molecule has 0 bridgehead atoms. The maximum atomic E-state index is 12.9. The first-order valence-corrected chi connectivity index (χ1v) is 10.7. The number of thiazole rings is 1. The maximum absolute atomic E-state index is 12.9. The van der Waals surface area contributed by atoms with Gasteiger partial charge in [-0.05, 0) is 42.0 Å². The van der Waals surface area contributed by atoms with Crippen LogP contribution in [0.5, 0.6) is 0 Å². The molecule has 0 fully saturated rings. The number of furan rings is 1. The summed E-state index contributed by atoms with van der Waals surface area (Å²) in [5.74, 6) is -0.0526. The second-order valence-corrected chi connectivity index (χ2v) is 8.71. The average molecular weight is 497 g/mol. The summed E-state index contributed by atoms with van der Waals surface area (Å²) >= 11 is 13.2. The number of aromatic nitrogens is 1. The number of carbonyl (C=O) groups is 1. The molecule has 0 saturated carbocycles. The highest BCUT2D eigenvalue weighted by atomic mass is 35.5. The van der Waals surface area contributed by atoms with Crippen LogP contribution in [0.2, 0.25) is 10.0 Å². The van der Waals surface area contributed by atoms with Crippen LogP contribution in [0.25, 0.3) is 11.3 Å². The van der Waals surface area contributed by atoms with E-state index in [2.05, 4.69) is 10.3 Å². The monoisotopic (exact) mass is 496 g/mol. The van der Waals surface area contributed by atoms with Gasteiger partial charge in [-0.15, -0.1) is 11.3 Å². The average Bonchev–Trinajstić information content (AvgIpc) is 3.37. The third-order valence-electron chi connectivity index (χ3n) is 4.43. The zero-order valence-corrected chi connectivity index (χ0v) is 18.4. The minimum Gasteiger partial charge on any atom is -0.451 e. The fourth-order valence-corrected chi connectivity index (χ4v) is 4.30. The number of rotatable bonds is 5. The Balaban J connectivity index is 1.44. The van der Waals surface area contributed by atoms with Gasteiger partial charge in [-0.25, -0.2) is 4.98 Å². The zero-order chi connectivity index (χ0) is 22.9. The van der Waals surface area contributed by atoms with E-state index >= 15 is 0 Å². The van der Waals surface area contributed by atoms with Crippen molar-refractivity contribution in [3.8, 4) is 11.3 Å². The fraction of sp³-hybridized carbons (Fsp3) is 0.0909. The van der Waals surface area contributed by atoms with E-state index < -0.39 is 17.6 Å². The maximum Gasteiger partial charge on any atom is 0.416 e. The minimum atomic E-state index is -4.40. The van der Waals surface area contributed by atoms with Gasteiger partial charge in [-0.2, -0.15) is 13.2 Å². The van der Waals surface area contributed by atoms with Crippen LogP contribution in [0, 0.1) is 0 Å². The van der Waals surface area contributed by atoms with E-state index in [1.54, 1.807) is 30.3 Å². The number of halogens is 5. The molecule has 10 heteroatoms. The van der Waals surface area contributed by atoms with E-state index in [0.29, 0.717) is 36.9 Å². The Morgan fingerprint density at radius 3 is 2.66 bits per heavy atom. The number of benzene rings is 2. The molecule has 2 heterocycles. The molecule has 0 spiro atoms. The smallest absolute Gasteiger partial charge is 0.416 e. The van der Waals surface area contributed by atoms with Gasteiger partial charge in [0.15, 0.2) is 10.9 Å². The number of nitrogens with zero attached hydrogens (tertiary/aromatic N) is 1. The standard InChI is InChI=1S/C22H13Cl2F3N2O2S/c23-14-4-5-16(17(24)10-14)18-6-7-19(31-18)20(30)29-21-28-11-15(32-21)9-12-2-1-3-13(8-12)22(25,26)27/h1-8,10-11H,9H2,(H,28,29,30). The second-order valence-electron chi connectivity index (χ2n) is 6.75. The molecule has 2 aromatic carbocycles. The number of alkyl halides is 3. The van der Waals surface area contributed by atoms with Crippen LogP contribution in [0.15, 0.2) is 65.2 Å². The molecule has 0 atom stereocenters. The molecule has 32 heavy (non-hydrogen) atoms. The van der Waals surface area contributed by atoms with Crippen LogP contribution in [0.4, 0.5) is 18.3 Å². The number of nitrogens with one attached hydrogen (secondary N) is 1. The molecule has 1 amide bonds. The lowest BCUT2D eigenvalue weighted by Gasteiger charge is -2.07. The summed E-state index contributed by atoms with van der Waals surface area (Å²) in [4.78, 5) is 17.3. The van der Waals surface area contributed by atoms with Gasteiger partial charge in [0.05, 0.1) is 10.6 Å². The molecular weight excluding hydrogens is 484 g/mol. The highest BCUT2D eigenvalue weighted by Crippen LogP contribution is 2.32. The van der Waals surface area contributed by atoms with Crippen LogP contribution in [-0.4, -0.2) is 10.9 Å². The molecule has 4 rings (SSSR count). The zero-order valence-electron chi connectivity index (χ0n) is 16.0. The summed E-state index contributed by atoms with van der Waals surface area (Å²) in [6, 6.07) is 13.1. The number of anilines is 1. The molecule has 0 unspecified atom stereocenters. The molecule has 164 valence electrons. The Labute approximate surface area is 194 Å². The van der Waals surface area contributed by atoms with E-state index in [0.717, 1.165) is 12.1 Å². The summed E-state index contributed by atoms with van der Waals surface area (Å²) in [6.45, 7) is 0. The Hall–Kier alpha value is -2.81. The molecule has 0 aliphatic carbocycles. The van der Waals surface area contributed by atoms with Gasteiger partial charge in [-0.3, -0.25) is 10.1 Å². The molecule has 0 radical (unpaired) electrons. The van der Waals surface area contributed by atoms with E-state index in [4.69, 9.17) is 27.6 Å². The predicted octanol–water partition coefficient (Wildman–Crippen LogP) is 7.57. The van der Waals surface area contributed by atoms with Crippen molar-refractivity contribution in [2.24, 2.45) is 0 Å². The SMILES string of the molecule is O=C(Nc1ncc(Cc2cccc(C(F)(F)F)c2)s1)c1ccc(-c2ccc(Cl)cc2Cl)o1. The Morgan fingerprint density at radius 1 is 1.09 bits per heavy atom. The summed E-state index contributed by atoms with van der Waals surface area (Å²) in [6.07, 6.45) is -2.63. The van der Waals surface area contributed by atoms with Crippen LogP contribution < -0.4 is 5.32 Å². The first-order chi connectivity index (χ1) is 15.2. The largest absolute Gasteiger partial charge is 0.451 e. The van der Waals surface area contributed by atoms with Crippen LogP contribution in [0.1, 0.15) is 26.6 Å². The summed E-state index contributed by atoms with van der Waals surface area (Å²) in [5.41, 5.74) is 0.382. The summed E-state index contributed by atoms with van der Waals surface area (Å²) in [5, 5.41) is 3.80. The number of carbonyl (C=O) groups excluding carboxylic acids is 1. The van der Waals surface area contributed by atoms with Gasteiger partial charge in [0.2, 0.25) is 0 Å². The molecule has 4 nitrogen and oxygen atoms in total. The third-order valence-corrected chi connectivity index (χ3v) is 5.89. The molecule has 2 aromatic heterocycles. The normalized spacial score (nSPS) is 11.5. The third kappa shape index (κ3) is 5.15. The van der Waals surface area contributed by atoms with Crippen molar-refractivity contribution >= 4 is 45.6 Å². The quantitative estimate of drug-likeness (QED) is 0.309.